The number of ether oxygens (including phenoxy) is 3. The number of hydrogen-bond donors (Lipinski definition) is 0. The molecule has 192 valence electrons. The molecule has 0 aliphatic carbocycles. The van der Waals surface area contributed by atoms with E-state index in [1.165, 1.54) is 12.1 Å². The third-order valence-electron chi connectivity index (χ3n) is 4.86. The van der Waals surface area contributed by atoms with Crippen LogP contribution in [0, 0.1) is 5.82 Å². The number of rotatable bonds is 14. The third kappa shape index (κ3) is 7.88. The fourth-order valence-corrected chi connectivity index (χ4v) is 3.17. The van der Waals surface area contributed by atoms with E-state index in [0.29, 0.717) is 36.7 Å². The summed E-state index contributed by atoms with van der Waals surface area (Å²) in [7, 11) is 0. The Bertz CT molecular complexity index is 1130. The van der Waals surface area contributed by atoms with Gasteiger partial charge in [-0.25, -0.2) is 9.18 Å². The molecule has 0 amide bonds. The molecule has 1 aromatic heterocycles. The highest BCUT2D eigenvalue weighted by Crippen LogP contribution is 2.19. The van der Waals surface area contributed by atoms with Gasteiger partial charge in [0, 0.05) is 18.6 Å². The van der Waals surface area contributed by atoms with E-state index in [9.17, 15) is 9.18 Å². The van der Waals surface area contributed by atoms with Gasteiger partial charge < -0.3 is 23.6 Å². The van der Waals surface area contributed by atoms with Crippen LogP contribution in [0.15, 0.2) is 58.2 Å². The smallest absolute Gasteiger partial charge is 0.335 e. The summed E-state index contributed by atoms with van der Waals surface area (Å²) in [5.41, 5.74) is 1.74. The van der Waals surface area contributed by atoms with Gasteiger partial charge in [0.05, 0.1) is 6.61 Å². The summed E-state index contributed by atoms with van der Waals surface area (Å²) >= 11 is 0. The van der Waals surface area contributed by atoms with Crippen LogP contribution in [0.1, 0.15) is 38.6 Å². The zero-order chi connectivity index (χ0) is 25.8. The Kier molecular flexibility index (Phi) is 10.4. The van der Waals surface area contributed by atoms with Crippen molar-refractivity contribution in [1.82, 2.24) is 10.1 Å². The van der Waals surface area contributed by atoms with E-state index >= 15 is 0 Å². The van der Waals surface area contributed by atoms with Crippen molar-refractivity contribution >= 4 is 11.7 Å². The molecule has 10 heteroatoms. The van der Waals surface area contributed by atoms with Gasteiger partial charge >= 0.3 is 5.97 Å². The molecule has 36 heavy (non-hydrogen) atoms. The molecule has 0 saturated heterocycles. The zero-order valence-electron chi connectivity index (χ0n) is 20.6. The van der Waals surface area contributed by atoms with Gasteiger partial charge in [-0.3, -0.25) is 0 Å². The molecule has 0 aliphatic heterocycles. The zero-order valence-corrected chi connectivity index (χ0v) is 20.6. The van der Waals surface area contributed by atoms with Gasteiger partial charge in [0.1, 0.15) is 24.8 Å². The Labute approximate surface area is 209 Å². The van der Waals surface area contributed by atoms with Gasteiger partial charge in [-0.1, -0.05) is 29.4 Å². The molecule has 3 aromatic rings. The fourth-order valence-electron chi connectivity index (χ4n) is 3.17. The molecule has 0 bridgehead atoms. The van der Waals surface area contributed by atoms with E-state index in [1.54, 1.807) is 25.1 Å². The van der Waals surface area contributed by atoms with Crippen molar-refractivity contribution in [3.8, 4) is 17.1 Å². The second-order valence-corrected chi connectivity index (χ2v) is 7.64. The van der Waals surface area contributed by atoms with Crippen molar-refractivity contribution in [2.45, 2.75) is 39.7 Å². The number of carbonyl (C=O) groups excluding carboxylic acids is 1. The van der Waals surface area contributed by atoms with Crippen molar-refractivity contribution in [3.63, 3.8) is 0 Å². The first-order valence-electron chi connectivity index (χ1n) is 11.8. The van der Waals surface area contributed by atoms with E-state index in [0.717, 1.165) is 12.0 Å². The number of benzene rings is 2. The number of nitrogens with zero attached hydrogens (tertiary/aromatic N) is 3. The molecule has 3 rings (SSSR count). The summed E-state index contributed by atoms with van der Waals surface area (Å²) in [5, 5.41) is 8.07. The fraction of sp³-hybridized carbons (Fsp3) is 0.385. The number of oxime groups is 1. The van der Waals surface area contributed by atoms with Crippen LogP contribution in [0.25, 0.3) is 11.4 Å². The Morgan fingerprint density at radius 2 is 1.92 bits per heavy atom. The van der Waals surface area contributed by atoms with Crippen LogP contribution in [0.3, 0.4) is 0 Å². The van der Waals surface area contributed by atoms with Gasteiger partial charge in [0.2, 0.25) is 5.82 Å². The molecule has 2 aromatic carbocycles. The minimum absolute atomic E-state index is 0.00894. The number of aromatic nitrogens is 2. The van der Waals surface area contributed by atoms with E-state index in [2.05, 4.69) is 15.3 Å². The predicted molar refractivity (Wildman–Crippen MR) is 130 cm³/mol. The van der Waals surface area contributed by atoms with Crippen LogP contribution < -0.4 is 4.74 Å². The third-order valence-corrected chi connectivity index (χ3v) is 4.86. The predicted octanol–water partition coefficient (Wildman–Crippen LogP) is 4.60. The molecule has 1 heterocycles. The van der Waals surface area contributed by atoms with Crippen LogP contribution >= 0.6 is 0 Å². The van der Waals surface area contributed by atoms with Crippen molar-refractivity contribution in [3.05, 3.63) is 65.8 Å². The maximum atomic E-state index is 13.2. The quantitative estimate of drug-likeness (QED) is 0.137. The molecule has 1 atom stereocenters. The highest BCUT2D eigenvalue weighted by Gasteiger charge is 2.21. The lowest BCUT2D eigenvalue weighted by Gasteiger charge is -2.16. The van der Waals surface area contributed by atoms with E-state index in [1.807, 2.05) is 32.0 Å². The average Bonchev–Trinajstić information content (AvgIpc) is 3.37. The highest BCUT2D eigenvalue weighted by atomic mass is 19.1. The molecular formula is C26H30FN3O6. The standard InChI is InChI=1S/C26H30FN3O6/c1-4-14-35-29-22(25-28-24(30-36-25)19-10-12-20(27)13-11-19)17-34-21-9-7-8-18(15-21)16-23(32-5-2)26(31)33-6-3/h7-13,15,23H,4-6,14,16-17H2,1-3H3/b29-22+. The van der Waals surface area contributed by atoms with E-state index < -0.39 is 12.1 Å². The van der Waals surface area contributed by atoms with E-state index in [4.69, 9.17) is 23.6 Å². The van der Waals surface area contributed by atoms with Gasteiger partial charge in [-0.05, 0) is 62.2 Å². The minimum Gasteiger partial charge on any atom is -0.487 e. The average molecular weight is 500 g/mol. The second kappa shape index (κ2) is 13.9. The molecule has 0 saturated carbocycles. The second-order valence-electron chi connectivity index (χ2n) is 7.64. The number of esters is 1. The molecule has 0 radical (unpaired) electrons. The lowest BCUT2D eigenvalue weighted by Crippen LogP contribution is -2.29. The van der Waals surface area contributed by atoms with Gasteiger partial charge in [-0.2, -0.15) is 4.98 Å². The van der Waals surface area contributed by atoms with Crippen LogP contribution in [0.4, 0.5) is 4.39 Å². The van der Waals surface area contributed by atoms with Crippen LogP contribution in [0.2, 0.25) is 0 Å². The molecule has 0 N–H and O–H groups in total. The largest absolute Gasteiger partial charge is 0.487 e. The van der Waals surface area contributed by atoms with Crippen molar-refractivity contribution in [2.24, 2.45) is 5.16 Å². The first-order chi connectivity index (χ1) is 17.5. The van der Waals surface area contributed by atoms with Crippen molar-refractivity contribution in [1.29, 1.82) is 0 Å². The van der Waals surface area contributed by atoms with Crippen molar-refractivity contribution in [2.75, 3.05) is 26.4 Å². The summed E-state index contributed by atoms with van der Waals surface area (Å²) in [5.74, 6) is 0.203. The van der Waals surface area contributed by atoms with Crippen LogP contribution in [-0.4, -0.2) is 54.4 Å². The monoisotopic (exact) mass is 499 g/mol. The maximum Gasteiger partial charge on any atom is 0.335 e. The normalized spacial score (nSPS) is 12.3. The highest BCUT2D eigenvalue weighted by molar-refractivity contribution is 5.97. The molecular weight excluding hydrogens is 469 g/mol. The Hall–Kier alpha value is -3.79. The summed E-state index contributed by atoms with van der Waals surface area (Å²) in [6.07, 6.45) is 0.411. The minimum atomic E-state index is -0.701. The summed E-state index contributed by atoms with van der Waals surface area (Å²) in [6.45, 7) is 6.61. The number of carbonyl (C=O) groups is 1. The van der Waals surface area contributed by atoms with Gasteiger partial charge in [0.15, 0.2) is 11.8 Å². The first-order valence-corrected chi connectivity index (χ1v) is 11.8. The molecule has 0 spiro atoms. The first kappa shape index (κ1) is 26.8. The maximum absolute atomic E-state index is 13.2. The van der Waals surface area contributed by atoms with E-state index in [-0.39, 0.29) is 30.7 Å². The summed E-state index contributed by atoms with van der Waals surface area (Å²) in [4.78, 5) is 21.9. The van der Waals surface area contributed by atoms with Crippen LogP contribution in [0.5, 0.6) is 5.75 Å². The van der Waals surface area contributed by atoms with Crippen LogP contribution in [-0.2, 0) is 25.5 Å². The van der Waals surface area contributed by atoms with Crippen molar-refractivity contribution < 1.29 is 32.8 Å². The Morgan fingerprint density at radius 1 is 1.11 bits per heavy atom. The SMILES string of the molecule is CCCO/N=C(\COc1cccc(CC(OCC)C(=O)OCC)c1)c1nc(-c2ccc(F)cc2)no1. The summed E-state index contributed by atoms with van der Waals surface area (Å²) < 4.78 is 35.2. The van der Waals surface area contributed by atoms with Gasteiger partial charge in [-0.15, -0.1) is 0 Å². The molecule has 9 nitrogen and oxygen atoms in total. The van der Waals surface area contributed by atoms with Gasteiger partial charge in [0.25, 0.3) is 5.89 Å². The topological polar surface area (TPSA) is 105 Å². The summed E-state index contributed by atoms with van der Waals surface area (Å²) in [6, 6.07) is 13.1. The lowest BCUT2D eigenvalue weighted by molar-refractivity contribution is -0.156. The Morgan fingerprint density at radius 3 is 2.64 bits per heavy atom. The molecule has 0 aliphatic rings. The number of hydrogen-bond acceptors (Lipinski definition) is 9. The number of halogens is 1. The Balaban J connectivity index is 1.72. The molecule has 1 unspecified atom stereocenters. The molecule has 0 fully saturated rings. The lowest BCUT2D eigenvalue weighted by atomic mass is 10.1.